The molecule has 1 amide bonds. The Morgan fingerprint density at radius 2 is 2.00 bits per heavy atom. The van der Waals surface area contributed by atoms with Gasteiger partial charge in [0, 0.05) is 45.3 Å². The molecule has 0 N–H and O–H groups in total. The summed E-state index contributed by atoms with van der Waals surface area (Å²) in [6, 6.07) is 9.38. The van der Waals surface area contributed by atoms with Gasteiger partial charge in [-0.05, 0) is 36.8 Å². The lowest BCUT2D eigenvalue weighted by Gasteiger charge is -2.20. The van der Waals surface area contributed by atoms with Crippen molar-refractivity contribution in [3.63, 3.8) is 0 Å². The highest BCUT2D eigenvalue weighted by Crippen LogP contribution is 2.31. The molecule has 1 aromatic carbocycles. The Morgan fingerprint density at radius 3 is 2.75 bits per heavy atom. The van der Waals surface area contributed by atoms with Crippen LogP contribution >= 0.6 is 0 Å². The summed E-state index contributed by atoms with van der Waals surface area (Å²) >= 11 is 0. The second-order valence-corrected chi connectivity index (χ2v) is 7.09. The molecule has 0 unspecified atom stereocenters. The number of hydrogen-bond donors (Lipinski definition) is 0. The Kier molecular flexibility index (Phi) is 4.81. The van der Waals surface area contributed by atoms with E-state index in [0.29, 0.717) is 16.9 Å². The van der Waals surface area contributed by atoms with Gasteiger partial charge in [0.05, 0.1) is 17.5 Å². The second-order valence-electron chi connectivity index (χ2n) is 7.09. The zero-order valence-corrected chi connectivity index (χ0v) is 15.8. The third-order valence-electron chi connectivity index (χ3n) is 4.98. The molecule has 1 atom stereocenters. The molecule has 144 valence electrons. The fraction of sp³-hybridized carbons (Fsp3) is 0.286. The third kappa shape index (κ3) is 3.47. The second kappa shape index (κ2) is 7.42. The number of carbonyl (C=O) groups is 1. The number of halogens is 1. The molecule has 0 bridgehead atoms. The molecule has 0 radical (unpaired) electrons. The van der Waals surface area contributed by atoms with Crippen molar-refractivity contribution >= 4 is 22.5 Å². The zero-order chi connectivity index (χ0) is 19.7. The van der Waals surface area contributed by atoms with Crippen molar-refractivity contribution in [1.29, 1.82) is 0 Å². The SMILES string of the molecule is CN(C)C(=O)[C@@H]1CCN(c2ccc(Oc3ccnc4c(F)cncc34)cc2)C1. The smallest absolute Gasteiger partial charge is 0.227 e. The van der Waals surface area contributed by atoms with Crippen LogP contribution in [0.1, 0.15) is 6.42 Å². The van der Waals surface area contributed by atoms with Gasteiger partial charge in [-0.25, -0.2) is 4.39 Å². The fourth-order valence-corrected chi connectivity index (χ4v) is 3.51. The van der Waals surface area contributed by atoms with Crippen molar-refractivity contribution in [2.45, 2.75) is 6.42 Å². The van der Waals surface area contributed by atoms with E-state index in [2.05, 4.69) is 14.9 Å². The number of ether oxygens (including phenoxy) is 1. The average Bonchev–Trinajstić information content (AvgIpc) is 3.19. The molecule has 1 aliphatic heterocycles. The van der Waals surface area contributed by atoms with E-state index in [1.807, 2.05) is 24.3 Å². The Morgan fingerprint density at radius 1 is 1.21 bits per heavy atom. The molecular formula is C21H21FN4O2. The van der Waals surface area contributed by atoms with E-state index < -0.39 is 5.82 Å². The van der Waals surface area contributed by atoms with Gasteiger partial charge in [0.25, 0.3) is 0 Å². The molecule has 1 aliphatic rings. The number of amides is 1. The lowest BCUT2D eigenvalue weighted by atomic mass is 10.1. The van der Waals surface area contributed by atoms with Crippen LogP contribution in [0.15, 0.2) is 48.9 Å². The van der Waals surface area contributed by atoms with Crippen molar-refractivity contribution in [3.05, 3.63) is 54.7 Å². The van der Waals surface area contributed by atoms with Crippen molar-refractivity contribution < 1.29 is 13.9 Å². The van der Waals surface area contributed by atoms with E-state index in [0.717, 1.165) is 31.4 Å². The van der Waals surface area contributed by atoms with Crippen LogP contribution in [0.5, 0.6) is 11.5 Å². The zero-order valence-electron chi connectivity index (χ0n) is 15.8. The largest absolute Gasteiger partial charge is 0.457 e. The van der Waals surface area contributed by atoms with Crippen LogP contribution < -0.4 is 9.64 Å². The molecule has 0 aliphatic carbocycles. The van der Waals surface area contributed by atoms with Gasteiger partial charge in [0.2, 0.25) is 5.91 Å². The first-order valence-corrected chi connectivity index (χ1v) is 9.15. The molecule has 3 heterocycles. The minimum atomic E-state index is -0.478. The summed E-state index contributed by atoms with van der Waals surface area (Å²) in [6.07, 6.45) is 5.05. The first-order valence-electron chi connectivity index (χ1n) is 9.15. The highest BCUT2D eigenvalue weighted by atomic mass is 19.1. The predicted molar refractivity (Wildman–Crippen MR) is 105 cm³/mol. The molecule has 0 spiro atoms. The first kappa shape index (κ1) is 18.2. The molecule has 1 fully saturated rings. The van der Waals surface area contributed by atoms with Crippen molar-refractivity contribution in [1.82, 2.24) is 14.9 Å². The monoisotopic (exact) mass is 380 g/mol. The summed E-state index contributed by atoms with van der Waals surface area (Å²) in [6.45, 7) is 1.57. The maximum absolute atomic E-state index is 13.9. The molecule has 7 heteroatoms. The first-order chi connectivity index (χ1) is 13.5. The summed E-state index contributed by atoms with van der Waals surface area (Å²) in [5.74, 6) is 0.877. The van der Waals surface area contributed by atoms with Gasteiger partial charge >= 0.3 is 0 Å². The van der Waals surface area contributed by atoms with Crippen LogP contribution in [0.4, 0.5) is 10.1 Å². The number of fused-ring (bicyclic) bond motifs is 1. The number of benzene rings is 1. The lowest BCUT2D eigenvalue weighted by Crippen LogP contribution is -2.31. The van der Waals surface area contributed by atoms with E-state index in [-0.39, 0.29) is 17.3 Å². The molecular weight excluding hydrogens is 359 g/mol. The Labute approximate surface area is 162 Å². The molecule has 6 nitrogen and oxygen atoms in total. The number of carbonyl (C=O) groups excluding carboxylic acids is 1. The van der Waals surface area contributed by atoms with Crippen molar-refractivity contribution in [2.75, 3.05) is 32.1 Å². The van der Waals surface area contributed by atoms with Crippen LogP contribution in [-0.4, -0.2) is 48.0 Å². The Hall–Kier alpha value is -3.22. The van der Waals surface area contributed by atoms with E-state index >= 15 is 0 Å². The summed E-state index contributed by atoms with van der Waals surface area (Å²) in [5.41, 5.74) is 1.28. The number of nitrogens with zero attached hydrogens (tertiary/aromatic N) is 4. The van der Waals surface area contributed by atoms with Crippen LogP contribution in [0, 0.1) is 11.7 Å². The van der Waals surface area contributed by atoms with Crippen LogP contribution in [0.2, 0.25) is 0 Å². The Bertz CT molecular complexity index is 1010. The minimum Gasteiger partial charge on any atom is -0.457 e. The number of hydrogen-bond acceptors (Lipinski definition) is 5. The summed E-state index contributed by atoms with van der Waals surface area (Å²) in [5, 5.41) is 0.524. The molecule has 3 aromatic rings. The standard InChI is InChI=1S/C21H21FN4O2/c1-25(2)21(27)14-8-10-26(13-14)15-3-5-16(6-4-15)28-19-7-9-24-20-17(19)11-23-12-18(20)22/h3-7,9,11-12,14H,8,10,13H2,1-2H3/t14-/m1/s1. The fourth-order valence-electron chi connectivity index (χ4n) is 3.51. The minimum absolute atomic E-state index is 0.0384. The maximum atomic E-state index is 13.9. The molecule has 0 saturated carbocycles. The molecule has 2 aromatic heterocycles. The highest BCUT2D eigenvalue weighted by molar-refractivity contribution is 5.84. The van der Waals surface area contributed by atoms with Gasteiger partial charge in [-0.15, -0.1) is 0 Å². The lowest BCUT2D eigenvalue weighted by molar-refractivity contribution is -0.132. The summed E-state index contributed by atoms with van der Waals surface area (Å²) < 4.78 is 19.8. The van der Waals surface area contributed by atoms with Gasteiger partial charge in [0.15, 0.2) is 5.82 Å². The predicted octanol–water partition coefficient (Wildman–Crippen LogP) is 3.48. The number of aromatic nitrogens is 2. The summed E-state index contributed by atoms with van der Waals surface area (Å²) in [7, 11) is 3.59. The van der Waals surface area contributed by atoms with Crippen LogP contribution in [0.3, 0.4) is 0 Å². The number of rotatable bonds is 4. The van der Waals surface area contributed by atoms with E-state index in [9.17, 15) is 9.18 Å². The van der Waals surface area contributed by atoms with E-state index in [1.54, 1.807) is 31.3 Å². The quantitative estimate of drug-likeness (QED) is 0.694. The topological polar surface area (TPSA) is 58.6 Å². The third-order valence-corrected chi connectivity index (χ3v) is 4.98. The molecule has 4 rings (SSSR count). The van der Waals surface area contributed by atoms with Crippen molar-refractivity contribution in [2.24, 2.45) is 5.92 Å². The van der Waals surface area contributed by atoms with Gasteiger partial charge in [-0.2, -0.15) is 0 Å². The number of pyridine rings is 2. The van der Waals surface area contributed by atoms with Crippen LogP contribution in [-0.2, 0) is 4.79 Å². The normalized spacial score (nSPS) is 16.4. The van der Waals surface area contributed by atoms with Gasteiger partial charge < -0.3 is 14.5 Å². The average molecular weight is 380 g/mol. The van der Waals surface area contributed by atoms with E-state index in [1.165, 1.54) is 6.20 Å². The maximum Gasteiger partial charge on any atom is 0.227 e. The summed E-state index contributed by atoms with van der Waals surface area (Å²) in [4.78, 5) is 23.9. The van der Waals surface area contributed by atoms with Gasteiger partial charge in [-0.3, -0.25) is 14.8 Å². The molecule has 1 saturated heterocycles. The van der Waals surface area contributed by atoms with E-state index in [4.69, 9.17) is 4.74 Å². The van der Waals surface area contributed by atoms with Crippen LogP contribution in [0.25, 0.3) is 10.9 Å². The molecule has 28 heavy (non-hydrogen) atoms. The van der Waals surface area contributed by atoms with Gasteiger partial charge in [0.1, 0.15) is 17.0 Å². The van der Waals surface area contributed by atoms with Gasteiger partial charge in [-0.1, -0.05) is 0 Å². The Balaban J connectivity index is 1.49. The van der Waals surface area contributed by atoms with Crippen molar-refractivity contribution in [3.8, 4) is 11.5 Å². The number of anilines is 1. The highest BCUT2D eigenvalue weighted by Gasteiger charge is 2.29.